The molecule has 0 saturated heterocycles. The number of rotatable bonds is 4. The molecular formula is C5H13FN2. The zero-order chi connectivity index (χ0) is 6.41. The molecular weight excluding hydrogens is 107 g/mol. The zero-order valence-corrected chi connectivity index (χ0v) is 4.94. The van der Waals surface area contributed by atoms with Gasteiger partial charge in [0.2, 0.25) is 0 Å². The minimum atomic E-state index is -0.787. The summed E-state index contributed by atoms with van der Waals surface area (Å²) in [7, 11) is 0. The van der Waals surface area contributed by atoms with Crippen LogP contribution < -0.4 is 11.5 Å². The molecule has 0 atom stereocenters. The molecule has 0 saturated carbocycles. The van der Waals surface area contributed by atoms with E-state index in [0.29, 0.717) is 25.9 Å². The van der Waals surface area contributed by atoms with Gasteiger partial charge < -0.3 is 11.5 Å². The minimum absolute atomic E-state index is 0.418. The van der Waals surface area contributed by atoms with Crippen LogP contribution in [0.1, 0.15) is 12.8 Å². The summed E-state index contributed by atoms with van der Waals surface area (Å²) < 4.78 is 12.2. The molecule has 0 aromatic rings. The van der Waals surface area contributed by atoms with Gasteiger partial charge in [-0.3, -0.25) is 0 Å². The van der Waals surface area contributed by atoms with Gasteiger partial charge in [0, 0.05) is 0 Å². The van der Waals surface area contributed by atoms with Gasteiger partial charge in [0.15, 0.2) is 0 Å². The third kappa shape index (κ3) is 4.02. The quantitative estimate of drug-likeness (QED) is 0.549. The van der Waals surface area contributed by atoms with Crippen LogP contribution in [0.25, 0.3) is 0 Å². The third-order valence-electron chi connectivity index (χ3n) is 0.960. The van der Waals surface area contributed by atoms with Gasteiger partial charge >= 0.3 is 0 Å². The largest absolute Gasteiger partial charge is 0.330 e. The van der Waals surface area contributed by atoms with Crippen LogP contribution >= 0.6 is 0 Å². The summed E-state index contributed by atoms with van der Waals surface area (Å²) in [6.45, 7) is 0.836. The van der Waals surface area contributed by atoms with Gasteiger partial charge in [0.05, 0.1) is 0 Å². The van der Waals surface area contributed by atoms with E-state index in [0.717, 1.165) is 0 Å². The van der Waals surface area contributed by atoms with Crippen LogP contribution in [0.15, 0.2) is 0 Å². The van der Waals surface area contributed by atoms with Gasteiger partial charge in [-0.15, -0.1) is 0 Å². The number of hydrogen-bond acceptors (Lipinski definition) is 2. The van der Waals surface area contributed by atoms with Crippen LogP contribution in [0.5, 0.6) is 0 Å². The predicted molar refractivity (Wildman–Crippen MR) is 32.2 cm³/mol. The molecule has 0 aliphatic rings. The topological polar surface area (TPSA) is 52.0 Å². The highest BCUT2D eigenvalue weighted by Crippen LogP contribution is 1.98. The molecule has 8 heavy (non-hydrogen) atoms. The predicted octanol–water partition coefficient (Wildman–Crippen LogP) is 0.0221. The number of hydrogen-bond donors (Lipinski definition) is 2. The Kier molecular flexibility index (Phi) is 4.90. The Hall–Kier alpha value is -0.150. The first kappa shape index (κ1) is 7.85. The fraction of sp³-hybridized carbons (Fsp3) is 1.00. The van der Waals surface area contributed by atoms with Crippen molar-refractivity contribution in [3.05, 3.63) is 0 Å². The molecule has 0 bridgehead atoms. The van der Waals surface area contributed by atoms with Crippen LogP contribution in [0, 0.1) is 0 Å². The summed E-state index contributed by atoms with van der Waals surface area (Å²) in [6.07, 6.45) is 0.0963. The Balaban J connectivity index is 2.92. The molecule has 0 heterocycles. The first-order valence-electron chi connectivity index (χ1n) is 2.85. The Morgan fingerprint density at radius 3 is 1.75 bits per heavy atom. The normalized spacial score (nSPS) is 10.5. The van der Waals surface area contributed by atoms with Crippen molar-refractivity contribution in [3.8, 4) is 0 Å². The molecule has 0 aliphatic heterocycles. The molecule has 0 fully saturated rings. The molecule has 2 nitrogen and oxygen atoms in total. The van der Waals surface area contributed by atoms with Gasteiger partial charge in [-0.25, -0.2) is 4.39 Å². The Bertz CT molecular complexity index is 43.7. The molecule has 3 heteroatoms. The second kappa shape index (κ2) is 5.00. The Morgan fingerprint density at radius 2 is 1.50 bits per heavy atom. The average Bonchev–Trinajstić information content (AvgIpc) is 1.68. The molecule has 4 N–H and O–H groups in total. The summed E-state index contributed by atoms with van der Waals surface area (Å²) in [5, 5.41) is 0. The summed E-state index contributed by atoms with van der Waals surface area (Å²) in [6, 6.07) is 0. The SMILES string of the molecule is NCCC(F)CCN. The van der Waals surface area contributed by atoms with Crippen LogP contribution in [0.4, 0.5) is 4.39 Å². The fourth-order valence-electron chi connectivity index (χ4n) is 0.506. The minimum Gasteiger partial charge on any atom is -0.330 e. The molecule has 0 unspecified atom stereocenters. The van der Waals surface area contributed by atoms with E-state index in [2.05, 4.69) is 0 Å². The van der Waals surface area contributed by atoms with E-state index in [-0.39, 0.29) is 0 Å². The second-order valence-electron chi connectivity index (χ2n) is 1.75. The van der Waals surface area contributed by atoms with Gasteiger partial charge in [-0.2, -0.15) is 0 Å². The lowest BCUT2D eigenvalue weighted by Gasteiger charge is -2.01. The molecule has 0 aromatic carbocycles. The van der Waals surface area contributed by atoms with Crippen molar-refractivity contribution in [1.82, 2.24) is 0 Å². The van der Waals surface area contributed by atoms with Gasteiger partial charge in [0.1, 0.15) is 6.17 Å². The molecule has 0 spiro atoms. The van der Waals surface area contributed by atoms with E-state index in [1.807, 2.05) is 0 Å². The van der Waals surface area contributed by atoms with Crippen LogP contribution in [-0.2, 0) is 0 Å². The number of halogens is 1. The van der Waals surface area contributed by atoms with Crippen LogP contribution in [0.3, 0.4) is 0 Å². The van der Waals surface area contributed by atoms with E-state index in [1.165, 1.54) is 0 Å². The van der Waals surface area contributed by atoms with E-state index in [4.69, 9.17) is 11.5 Å². The van der Waals surface area contributed by atoms with Crippen molar-refractivity contribution in [3.63, 3.8) is 0 Å². The lowest BCUT2D eigenvalue weighted by molar-refractivity contribution is 0.304. The Labute approximate surface area is 49.0 Å². The highest BCUT2D eigenvalue weighted by Gasteiger charge is 2.00. The maximum atomic E-state index is 12.2. The monoisotopic (exact) mass is 120 g/mol. The maximum absolute atomic E-state index is 12.2. The zero-order valence-electron chi connectivity index (χ0n) is 4.94. The fourth-order valence-corrected chi connectivity index (χ4v) is 0.506. The summed E-state index contributed by atoms with van der Waals surface area (Å²) in [5.41, 5.74) is 10.2. The number of nitrogens with two attached hydrogens (primary N) is 2. The molecule has 50 valence electrons. The van der Waals surface area contributed by atoms with Crippen LogP contribution in [-0.4, -0.2) is 19.3 Å². The lowest BCUT2D eigenvalue weighted by atomic mass is 10.2. The smallest absolute Gasteiger partial charge is 0.103 e. The van der Waals surface area contributed by atoms with Gasteiger partial charge in [-0.05, 0) is 25.9 Å². The molecule has 0 aliphatic carbocycles. The lowest BCUT2D eigenvalue weighted by Crippen LogP contribution is -2.13. The van der Waals surface area contributed by atoms with Crippen LogP contribution in [0.2, 0.25) is 0 Å². The van der Waals surface area contributed by atoms with Crippen molar-refractivity contribution in [2.45, 2.75) is 19.0 Å². The summed E-state index contributed by atoms with van der Waals surface area (Å²) in [4.78, 5) is 0. The number of alkyl halides is 1. The van der Waals surface area contributed by atoms with Gasteiger partial charge in [-0.1, -0.05) is 0 Å². The van der Waals surface area contributed by atoms with E-state index in [9.17, 15) is 4.39 Å². The van der Waals surface area contributed by atoms with E-state index >= 15 is 0 Å². The molecule has 0 rings (SSSR count). The highest BCUT2D eigenvalue weighted by molar-refractivity contribution is 4.55. The van der Waals surface area contributed by atoms with Gasteiger partial charge in [0.25, 0.3) is 0 Å². The Morgan fingerprint density at radius 1 is 1.12 bits per heavy atom. The standard InChI is InChI=1S/C5H13FN2/c6-5(1-3-7)2-4-8/h5H,1-4,7-8H2. The molecule has 0 aromatic heterocycles. The summed E-state index contributed by atoms with van der Waals surface area (Å²) in [5.74, 6) is 0. The first-order valence-corrected chi connectivity index (χ1v) is 2.85. The van der Waals surface area contributed by atoms with E-state index < -0.39 is 6.17 Å². The van der Waals surface area contributed by atoms with Crippen molar-refractivity contribution >= 4 is 0 Å². The molecule has 0 amide bonds. The second-order valence-corrected chi connectivity index (χ2v) is 1.75. The third-order valence-corrected chi connectivity index (χ3v) is 0.960. The molecule has 0 radical (unpaired) electrons. The maximum Gasteiger partial charge on any atom is 0.103 e. The van der Waals surface area contributed by atoms with E-state index in [1.54, 1.807) is 0 Å². The van der Waals surface area contributed by atoms with Crippen molar-refractivity contribution < 1.29 is 4.39 Å². The van der Waals surface area contributed by atoms with Crippen molar-refractivity contribution in [1.29, 1.82) is 0 Å². The van der Waals surface area contributed by atoms with Crippen molar-refractivity contribution in [2.75, 3.05) is 13.1 Å². The van der Waals surface area contributed by atoms with Crippen molar-refractivity contribution in [2.24, 2.45) is 11.5 Å². The first-order chi connectivity index (χ1) is 3.81. The summed E-state index contributed by atoms with van der Waals surface area (Å²) >= 11 is 0. The average molecular weight is 120 g/mol. The highest BCUT2D eigenvalue weighted by atomic mass is 19.1.